The molecular formula is C22H34N4O2. The van der Waals surface area contributed by atoms with Crippen molar-refractivity contribution in [2.24, 2.45) is 18.4 Å². The molecule has 0 spiro atoms. The summed E-state index contributed by atoms with van der Waals surface area (Å²) in [6, 6.07) is 0.297. The number of fused-ring (bicyclic) bond motifs is 1. The maximum Gasteiger partial charge on any atom is 0.254 e. The van der Waals surface area contributed by atoms with Crippen molar-refractivity contribution in [2.75, 3.05) is 13.1 Å². The van der Waals surface area contributed by atoms with E-state index in [2.05, 4.69) is 15.3 Å². The van der Waals surface area contributed by atoms with Crippen LogP contribution in [-0.2, 0) is 11.8 Å². The van der Waals surface area contributed by atoms with Gasteiger partial charge in [0, 0.05) is 44.2 Å². The maximum atomic E-state index is 12.8. The second kappa shape index (κ2) is 7.88. The van der Waals surface area contributed by atoms with Crippen LogP contribution in [0.5, 0.6) is 0 Å². The van der Waals surface area contributed by atoms with Gasteiger partial charge in [-0.2, -0.15) is 5.10 Å². The molecule has 4 rings (SSSR count). The van der Waals surface area contributed by atoms with E-state index >= 15 is 0 Å². The molecule has 1 aromatic rings. The molecule has 2 saturated carbocycles. The summed E-state index contributed by atoms with van der Waals surface area (Å²) in [6.45, 7) is 3.47. The number of aromatic nitrogens is 2. The van der Waals surface area contributed by atoms with Crippen molar-refractivity contribution in [3.8, 4) is 0 Å². The number of amides is 2. The fraction of sp³-hybridized carbons (Fsp3) is 0.773. The lowest BCUT2D eigenvalue weighted by molar-refractivity contribution is -0.142. The fourth-order valence-electron chi connectivity index (χ4n) is 5.92. The lowest BCUT2D eigenvalue weighted by Crippen LogP contribution is -2.57. The average molecular weight is 387 g/mol. The lowest BCUT2D eigenvalue weighted by atomic mass is 9.74. The summed E-state index contributed by atoms with van der Waals surface area (Å²) >= 11 is 0. The number of carbonyl (C=O) groups is 2. The number of hydrogen-bond donors (Lipinski definition) is 1. The molecular weight excluding hydrogens is 352 g/mol. The van der Waals surface area contributed by atoms with Crippen LogP contribution in [0.4, 0.5) is 0 Å². The number of aryl methyl sites for hydroxylation is 2. The summed E-state index contributed by atoms with van der Waals surface area (Å²) < 4.78 is 1.69. The second-order valence-corrected chi connectivity index (χ2v) is 9.31. The van der Waals surface area contributed by atoms with Crippen LogP contribution in [0.15, 0.2) is 6.20 Å². The Bertz CT molecular complexity index is 737. The van der Waals surface area contributed by atoms with E-state index in [0.717, 1.165) is 37.9 Å². The minimum absolute atomic E-state index is 0.0404. The van der Waals surface area contributed by atoms with Crippen molar-refractivity contribution in [3.05, 3.63) is 17.5 Å². The first kappa shape index (κ1) is 19.5. The second-order valence-electron chi connectivity index (χ2n) is 9.31. The molecule has 0 unspecified atom stereocenters. The maximum absolute atomic E-state index is 12.8. The summed E-state index contributed by atoms with van der Waals surface area (Å²) in [5.41, 5.74) is 1.46. The zero-order chi connectivity index (χ0) is 19.7. The molecule has 6 nitrogen and oxygen atoms in total. The highest BCUT2D eigenvalue weighted by atomic mass is 16.2. The number of rotatable bonds is 5. The summed E-state index contributed by atoms with van der Waals surface area (Å²) in [5, 5.41) is 7.48. The van der Waals surface area contributed by atoms with Gasteiger partial charge in [0.1, 0.15) is 0 Å². The highest BCUT2D eigenvalue weighted by Crippen LogP contribution is 2.48. The Morgan fingerprint density at radius 3 is 2.71 bits per heavy atom. The Balaban J connectivity index is 1.45. The molecule has 1 saturated heterocycles. The van der Waals surface area contributed by atoms with Gasteiger partial charge < -0.3 is 10.2 Å². The molecule has 1 N–H and O–H groups in total. The van der Waals surface area contributed by atoms with Crippen LogP contribution in [-0.4, -0.2) is 45.6 Å². The third-order valence-corrected chi connectivity index (χ3v) is 7.43. The molecule has 154 valence electrons. The molecule has 2 aliphatic carbocycles. The van der Waals surface area contributed by atoms with Crippen molar-refractivity contribution in [1.29, 1.82) is 0 Å². The van der Waals surface area contributed by atoms with Gasteiger partial charge in [-0.1, -0.05) is 25.7 Å². The summed E-state index contributed by atoms with van der Waals surface area (Å²) in [4.78, 5) is 27.7. The van der Waals surface area contributed by atoms with Crippen LogP contribution in [0.2, 0.25) is 0 Å². The topological polar surface area (TPSA) is 67.2 Å². The SMILES string of the molecule is Cc1nn(C)cc1C(=O)NC[C@@]12CCC[C@H]1N(CC1CCCCC1)C(=O)CC2. The van der Waals surface area contributed by atoms with Crippen molar-refractivity contribution in [3.63, 3.8) is 0 Å². The van der Waals surface area contributed by atoms with E-state index < -0.39 is 0 Å². The molecule has 28 heavy (non-hydrogen) atoms. The molecule has 0 radical (unpaired) electrons. The van der Waals surface area contributed by atoms with Crippen LogP contribution in [0.25, 0.3) is 0 Å². The highest BCUT2D eigenvalue weighted by molar-refractivity contribution is 5.95. The average Bonchev–Trinajstić information content (AvgIpc) is 3.26. The third-order valence-electron chi connectivity index (χ3n) is 7.43. The first-order valence-corrected chi connectivity index (χ1v) is 11.1. The number of likely N-dealkylation sites (tertiary alicyclic amines) is 1. The molecule has 2 atom stereocenters. The molecule has 2 heterocycles. The van der Waals surface area contributed by atoms with Crippen LogP contribution < -0.4 is 5.32 Å². The van der Waals surface area contributed by atoms with Gasteiger partial charge in [0.2, 0.25) is 5.91 Å². The third kappa shape index (κ3) is 3.70. The van der Waals surface area contributed by atoms with Gasteiger partial charge in [0.05, 0.1) is 11.3 Å². The van der Waals surface area contributed by atoms with E-state index in [4.69, 9.17) is 0 Å². The summed E-state index contributed by atoms with van der Waals surface area (Å²) in [7, 11) is 1.84. The quantitative estimate of drug-likeness (QED) is 0.845. The van der Waals surface area contributed by atoms with Gasteiger partial charge in [-0.15, -0.1) is 0 Å². The monoisotopic (exact) mass is 386 g/mol. The van der Waals surface area contributed by atoms with Crippen molar-refractivity contribution >= 4 is 11.8 Å². The zero-order valence-corrected chi connectivity index (χ0v) is 17.4. The standard InChI is InChI=1S/C22H34N4O2/c1-16-18(14-25(2)24-16)21(28)23-15-22-11-6-9-19(22)26(20(27)10-12-22)13-17-7-4-3-5-8-17/h14,17,19H,3-13,15H2,1-2H3,(H,23,28)/t19-,22+/m1/s1. The van der Waals surface area contributed by atoms with E-state index in [9.17, 15) is 9.59 Å². The highest BCUT2D eigenvalue weighted by Gasteiger charge is 2.50. The van der Waals surface area contributed by atoms with Crippen LogP contribution >= 0.6 is 0 Å². The Hall–Kier alpha value is -1.85. The van der Waals surface area contributed by atoms with Crippen molar-refractivity contribution < 1.29 is 9.59 Å². The predicted octanol–water partition coefficient (Wildman–Crippen LogP) is 3.20. The van der Waals surface area contributed by atoms with E-state index in [0.29, 0.717) is 36.4 Å². The zero-order valence-electron chi connectivity index (χ0n) is 17.4. The smallest absolute Gasteiger partial charge is 0.254 e. The van der Waals surface area contributed by atoms with Crippen molar-refractivity contribution in [1.82, 2.24) is 20.0 Å². The van der Waals surface area contributed by atoms with E-state index in [1.165, 1.54) is 32.1 Å². The van der Waals surface area contributed by atoms with Gasteiger partial charge in [-0.3, -0.25) is 14.3 Å². The Labute approximate surface area is 168 Å². The Kier molecular flexibility index (Phi) is 5.48. The lowest BCUT2D eigenvalue weighted by Gasteiger charge is -2.47. The number of hydrogen-bond acceptors (Lipinski definition) is 3. The number of nitrogens with one attached hydrogen (secondary N) is 1. The molecule has 1 aromatic heterocycles. The van der Waals surface area contributed by atoms with Crippen LogP contribution in [0.1, 0.15) is 80.3 Å². The minimum atomic E-state index is -0.0404. The van der Waals surface area contributed by atoms with E-state index in [1.807, 2.05) is 14.0 Å². The molecule has 3 fully saturated rings. The van der Waals surface area contributed by atoms with Gasteiger partial charge in [0.15, 0.2) is 0 Å². The van der Waals surface area contributed by atoms with Crippen molar-refractivity contribution in [2.45, 2.75) is 77.2 Å². The summed E-state index contributed by atoms with van der Waals surface area (Å²) in [6.07, 6.45) is 13.2. The molecule has 6 heteroatoms. The first-order valence-electron chi connectivity index (χ1n) is 11.1. The summed E-state index contributed by atoms with van der Waals surface area (Å²) in [5.74, 6) is 0.964. The van der Waals surface area contributed by atoms with Gasteiger partial charge in [-0.25, -0.2) is 0 Å². The normalized spacial score (nSPS) is 28.4. The van der Waals surface area contributed by atoms with Crippen LogP contribution in [0.3, 0.4) is 0 Å². The molecule has 1 aliphatic heterocycles. The fourth-order valence-corrected chi connectivity index (χ4v) is 5.92. The van der Waals surface area contributed by atoms with Gasteiger partial charge >= 0.3 is 0 Å². The minimum Gasteiger partial charge on any atom is -0.351 e. The van der Waals surface area contributed by atoms with Gasteiger partial charge in [-0.05, 0) is 44.9 Å². The molecule has 0 aromatic carbocycles. The Morgan fingerprint density at radius 1 is 1.21 bits per heavy atom. The number of piperidine rings is 1. The largest absolute Gasteiger partial charge is 0.351 e. The van der Waals surface area contributed by atoms with Crippen LogP contribution in [0, 0.1) is 18.3 Å². The van der Waals surface area contributed by atoms with E-state index in [-0.39, 0.29) is 11.3 Å². The molecule has 3 aliphatic rings. The first-order chi connectivity index (χ1) is 13.5. The number of carbonyl (C=O) groups excluding carboxylic acids is 2. The van der Waals surface area contributed by atoms with Gasteiger partial charge in [0.25, 0.3) is 5.91 Å². The molecule has 2 amide bonds. The van der Waals surface area contributed by atoms with E-state index in [1.54, 1.807) is 10.9 Å². The molecule has 0 bridgehead atoms. The Morgan fingerprint density at radius 2 is 2.00 bits per heavy atom. The number of nitrogens with zero attached hydrogens (tertiary/aromatic N) is 3. The predicted molar refractivity (Wildman–Crippen MR) is 108 cm³/mol.